The summed E-state index contributed by atoms with van der Waals surface area (Å²) in [6.07, 6.45) is -0.930. The Morgan fingerprint density at radius 3 is 2.86 bits per heavy atom. The summed E-state index contributed by atoms with van der Waals surface area (Å²) in [5.41, 5.74) is 11.3. The normalized spacial score (nSPS) is 12.1. The summed E-state index contributed by atoms with van der Waals surface area (Å²) in [7, 11) is 0. The van der Waals surface area contributed by atoms with E-state index >= 15 is 0 Å². The highest BCUT2D eigenvalue weighted by Crippen LogP contribution is 2.23. The van der Waals surface area contributed by atoms with E-state index in [1.54, 1.807) is 0 Å². The summed E-state index contributed by atoms with van der Waals surface area (Å²) in [5, 5.41) is 18.1. The molecule has 0 fully saturated rings. The van der Waals surface area contributed by atoms with Crippen molar-refractivity contribution < 1.29 is 5.11 Å². The zero-order valence-corrected chi connectivity index (χ0v) is 7.99. The molecule has 0 aliphatic rings. The van der Waals surface area contributed by atoms with Crippen molar-refractivity contribution in [3.63, 3.8) is 0 Å². The second kappa shape index (κ2) is 4.24. The quantitative estimate of drug-likeness (QED) is 0.606. The maximum atomic E-state index is 9.37. The Bertz CT molecular complexity index is 388. The van der Waals surface area contributed by atoms with E-state index in [-0.39, 0.29) is 28.6 Å². The highest BCUT2D eigenvalue weighted by molar-refractivity contribution is 6.32. The van der Waals surface area contributed by atoms with E-state index < -0.39 is 6.10 Å². The van der Waals surface area contributed by atoms with Crippen molar-refractivity contribution in [2.75, 3.05) is 12.3 Å². The van der Waals surface area contributed by atoms with E-state index in [1.165, 1.54) is 6.07 Å². The number of aromatic nitrogens is 1. The molecular formula is C8H9ClN4O. The van der Waals surface area contributed by atoms with Crippen LogP contribution in [0.15, 0.2) is 6.07 Å². The van der Waals surface area contributed by atoms with Crippen molar-refractivity contribution in [3.8, 4) is 6.07 Å². The standard InChI is InChI=1S/C8H9ClN4O/c9-8-7(12)4(2-10)1-5(13-8)6(14)3-11/h1,6,14H,3,11-12H2. The first kappa shape index (κ1) is 10.7. The third-order valence-electron chi connectivity index (χ3n) is 1.72. The Balaban J connectivity index is 3.24. The average Bonchev–Trinajstić information content (AvgIpc) is 2.20. The molecule has 0 aromatic carbocycles. The van der Waals surface area contributed by atoms with Gasteiger partial charge in [-0.2, -0.15) is 5.26 Å². The molecule has 5 nitrogen and oxygen atoms in total. The molecule has 1 heterocycles. The molecule has 0 bridgehead atoms. The molecule has 1 unspecified atom stereocenters. The highest BCUT2D eigenvalue weighted by Gasteiger charge is 2.12. The van der Waals surface area contributed by atoms with Crippen LogP contribution >= 0.6 is 11.6 Å². The van der Waals surface area contributed by atoms with Gasteiger partial charge in [0.1, 0.15) is 12.2 Å². The van der Waals surface area contributed by atoms with Gasteiger partial charge in [0.2, 0.25) is 0 Å². The Hall–Kier alpha value is -1.35. The number of nitrogens with zero attached hydrogens (tertiary/aromatic N) is 2. The van der Waals surface area contributed by atoms with E-state index in [1.807, 2.05) is 6.07 Å². The van der Waals surface area contributed by atoms with Crippen molar-refractivity contribution in [1.82, 2.24) is 4.98 Å². The second-order valence-corrected chi connectivity index (χ2v) is 3.02. The monoisotopic (exact) mass is 212 g/mol. The summed E-state index contributed by atoms with van der Waals surface area (Å²) in [6, 6.07) is 3.23. The smallest absolute Gasteiger partial charge is 0.153 e. The molecule has 0 spiro atoms. The fourth-order valence-corrected chi connectivity index (χ4v) is 1.13. The molecule has 0 aliphatic heterocycles. The third kappa shape index (κ3) is 1.93. The molecule has 0 saturated heterocycles. The van der Waals surface area contributed by atoms with Crippen LogP contribution in [0.3, 0.4) is 0 Å². The van der Waals surface area contributed by atoms with Gasteiger partial charge in [-0.05, 0) is 6.07 Å². The van der Waals surface area contributed by atoms with Gasteiger partial charge in [0.15, 0.2) is 5.15 Å². The first-order valence-electron chi connectivity index (χ1n) is 3.84. The van der Waals surface area contributed by atoms with E-state index in [0.717, 1.165) is 0 Å². The van der Waals surface area contributed by atoms with Crippen molar-refractivity contribution in [1.29, 1.82) is 5.26 Å². The summed E-state index contributed by atoms with van der Waals surface area (Å²) in [5.74, 6) is 0. The second-order valence-electron chi connectivity index (χ2n) is 2.66. The van der Waals surface area contributed by atoms with Gasteiger partial charge in [0.25, 0.3) is 0 Å². The van der Waals surface area contributed by atoms with Crippen LogP contribution in [-0.4, -0.2) is 16.6 Å². The molecule has 5 N–H and O–H groups in total. The van der Waals surface area contributed by atoms with Gasteiger partial charge in [-0.3, -0.25) is 0 Å². The minimum absolute atomic E-state index is 0.00606. The number of aliphatic hydroxyl groups is 1. The zero-order chi connectivity index (χ0) is 10.7. The van der Waals surface area contributed by atoms with Crippen molar-refractivity contribution in [2.45, 2.75) is 6.10 Å². The number of pyridine rings is 1. The van der Waals surface area contributed by atoms with Gasteiger partial charge in [0, 0.05) is 6.54 Å². The number of rotatable bonds is 2. The molecule has 0 radical (unpaired) electrons. The van der Waals surface area contributed by atoms with Gasteiger partial charge in [-0.25, -0.2) is 4.98 Å². The molecule has 6 heteroatoms. The third-order valence-corrected chi connectivity index (χ3v) is 2.01. The lowest BCUT2D eigenvalue weighted by Gasteiger charge is -2.09. The number of aliphatic hydroxyl groups excluding tert-OH is 1. The van der Waals surface area contributed by atoms with Crippen LogP contribution in [0.4, 0.5) is 5.69 Å². The van der Waals surface area contributed by atoms with Crippen LogP contribution in [0, 0.1) is 11.3 Å². The Labute approximate surface area is 85.9 Å². The number of hydrogen-bond donors (Lipinski definition) is 3. The molecule has 14 heavy (non-hydrogen) atoms. The maximum Gasteiger partial charge on any atom is 0.153 e. The molecule has 74 valence electrons. The SMILES string of the molecule is N#Cc1cc(C(O)CN)nc(Cl)c1N. The maximum absolute atomic E-state index is 9.37. The molecule has 1 atom stereocenters. The fraction of sp³-hybridized carbons (Fsp3) is 0.250. The number of nitrogens with two attached hydrogens (primary N) is 2. The lowest BCUT2D eigenvalue weighted by molar-refractivity contribution is 0.182. The Morgan fingerprint density at radius 2 is 2.36 bits per heavy atom. The number of anilines is 1. The topological polar surface area (TPSA) is 109 Å². The number of nitriles is 1. The predicted octanol–water partition coefficient (Wildman–Crippen LogP) is 0.181. The first-order valence-corrected chi connectivity index (χ1v) is 4.22. The Morgan fingerprint density at radius 1 is 1.71 bits per heavy atom. The summed E-state index contributed by atoms with van der Waals surface area (Å²) in [4.78, 5) is 3.81. The van der Waals surface area contributed by atoms with Crippen LogP contribution in [0.1, 0.15) is 17.4 Å². The molecule has 1 rings (SSSR count). The number of hydrogen-bond acceptors (Lipinski definition) is 5. The number of halogens is 1. The zero-order valence-electron chi connectivity index (χ0n) is 7.24. The molecule has 0 amide bonds. The van der Waals surface area contributed by atoms with Gasteiger partial charge in [-0.1, -0.05) is 11.6 Å². The van der Waals surface area contributed by atoms with Gasteiger partial charge >= 0.3 is 0 Å². The minimum Gasteiger partial charge on any atom is -0.395 e. The van der Waals surface area contributed by atoms with E-state index in [2.05, 4.69) is 4.98 Å². The van der Waals surface area contributed by atoms with Crippen molar-refractivity contribution in [3.05, 3.63) is 22.5 Å². The lowest BCUT2D eigenvalue weighted by atomic mass is 10.1. The lowest BCUT2D eigenvalue weighted by Crippen LogP contribution is -2.13. The first-order chi connectivity index (χ1) is 6.60. The van der Waals surface area contributed by atoms with Crippen molar-refractivity contribution >= 4 is 17.3 Å². The van der Waals surface area contributed by atoms with E-state index in [4.69, 9.17) is 28.3 Å². The summed E-state index contributed by atoms with van der Waals surface area (Å²) >= 11 is 5.66. The van der Waals surface area contributed by atoms with E-state index in [9.17, 15) is 5.11 Å². The minimum atomic E-state index is -0.930. The van der Waals surface area contributed by atoms with Gasteiger partial charge in [0.05, 0.1) is 16.9 Å². The molecule has 0 saturated carbocycles. The van der Waals surface area contributed by atoms with Crippen LogP contribution in [0.5, 0.6) is 0 Å². The van der Waals surface area contributed by atoms with Crippen LogP contribution in [0.2, 0.25) is 5.15 Å². The molecule has 1 aromatic heterocycles. The molecular weight excluding hydrogens is 204 g/mol. The molecule has 1 aromatic rings. The van der Waals surface area contributed by atoms with E-state index in [0.29, 0.717) is 0 Å². The fourth-order valence-electron chi connectivity index (χ4n) is 0.927. The van der Waals surface area contributed by atoms with Gasteiger partial charge in [-0.15, -0.1) is 0 Å². The largest absolute Gasteiger partial charge is 0.395 e. The highest BCUT2D eigenvalue weighted by atomic mass is 35.5. The van der Waals surface area contributed by atoms with Crippen LogP contribution in [-0.2, 0) is 0 Å². The molecule has 0 aliphatic carbocycles. The van der Waals surface area contributed by atoms with Gasteiger partial charge < -0.3 is 16.6 Å². The van der Waals surface area contributed by atoms with Crippen LogP contribution < -0.4 is 11.5 Å². The predicted molar refractivity (Wildman–Crippen MR) is 52.4 cm³/mol. The van der Waals surface area contributed by atoms with Crippen molar-refractivity contribution in [2.24, 2.45) is 5.73 Å². The average molecular weight is 213 g/mol. The Kier molecular flexibility index (Phi) is 3.25. The number of nitrogen functional groups attached to an aromatic ring is 1. The van der Waals surface area contributed by atoms with Crippen LogP contribution in [0.25, 0.3) is 0 Å². The summed E-state index contributed by atoms with van der Waals surface area (Å²) < 4.78 is 0. The summed E-state index contributed by atoms with van der Waals surface area (Å²) in [6.45, 7) is 0.0120.